The van der Waals surface area contributed by atoms with Gasteiger partial charge in [-0.1, -0.05) is 6.07 Å². The summed E-state index contributed by atoms with van der Waals surface area (Å²) in [4.78, 5) is 2.19. The summed E-state index contributed by atoms with van der Waals surface area (Å²) in [5.41, 5.74) is 7.71. The van der Waals surface area contributed by atoms with E-state index in [9.17, 15) is 0 Å². The lowest BCUT2D eigenvalue weighted by atomic mass is 10.0. The van der Waals surface area contributed by atoms with Gasteiger partial charge >= 0.3 is 0 Å². The van der Waals surface area contributed by atoms with E-state index in [1.54, 1.807) is 0 Å². The van der Waals surface area contributed by atoms with E-state index in [0.29, 0.717) is 6.04 Å². The SMILES string of the molecule is CN(C)C1COc2cc(N)ccc2C1. The Bertz CT molecular complexity index is 336. The van der Waals surface area contributed by atoms with Crippen LogP contribution in [0.3, 0.4) is 0 Å². The molecule has 0 saturated heterocycles. The molecule has 1 atom stereocenters. The fraction of sp³-hybridized carbons (Fsp3) is 0.455. The second-order valence-corrected chi connectivity index (χ2v) is 4.00. The van der Waals surface area contributed by atoms with Gasteiger partial charge in [-0.05, 0) is 32.1 Å². The Balaban J connectivity index is 2.23. The van der Waals surface area contributed by atoms with Gasteiger partial charge in [-0.15, -0.1) is 0 Å². The maximum atomic E-state index is 5.69. The van der Waals surface area contributed by atoms with E-state index < -0.39 is 0 Å². The van der Waals surface area contributed by atoms with Crippen molar-refractivity contribution in [2.75, 3.05) is 26.4 Å². The Labute approximate surface area is 84.5 Å². The molecule has 76 valence electrons. The third kappa shape index (κ3) is 1.68. The molecule has 1 aliphatic rings. The Morgan fingerprint density at radius 1 is 1.43 bits per heavy atom. The van der Waals surface area contributed by atoms with Gasteiger partial charge in [0.05, 0.1) is 0 Å². The highest BCUT2D eigenvalue weighted by Crippen LogP contribution is 2.27. The monoisotopic (exact) mass is 192 g/mol. The number of nitrogens with zero attached hydrogens (tertiary/aromatic N) is 1. The third-order valence-corrected chi connectivity index (χ3v) is 2.71. The number of likely N-dealkylation sites (N-methyl/N-ethyl adjacent to an activating group) is 1. The molecule has 0 radical (unpaired) electrons. The largest absolute Gasteiger partial charge is 0.492 e. The number of anilines is 1. The summed E-state index contributed by atoms with van der Waals surface area (Å²) in [5.74, 6) is 0.947. The number of hydrogen-bond donors (Lipinski definition) is 1. The van der Waals surface area contributed by atoms with Crippen LogP contribution in [0.4, 0.5) is 5.69 Å². The summed E-state index contributed by atoms with van der Waals surface area (Å²) in [7, 11) is 4.16. The lowest BCUT2D eigenvalue weighted by Gasteiger charge is -2.30. The van der Waals surface area contributed by atoms with Crippen molar-refractivity contribution in [1.29, 1.82) is 0 Å². The first-order valence-electron chi connectivity index (χ1n) is 4.84. The van der Waals surface area contributed by atoms with Crippen molar-refractivity contribution in [3.8, 4) is 5.75 Å². The zero-order chi connectivity index (χ0) is 10.1. The van der Waals surface area contributed by atoms with E-state index in [0.717, 1.165) is 24.5 Å². The summed E-state index contributed by atoms with van der Waals surface area (Å²) in [5, 5.41) is 0. The van der Waals surface area contributed by atoms with E-state index in [-0.39, 0.29) is 0 Å². The van der Waals surface area contributed by atoms with E-state index >= 15 is 0 Å². The molecular formula is C11H16N2O. The molecule has 0 aromatic heterocycles. The smallest absolute Gasteiger partial charge is 0.124 e. The lowest BCUT2D eigenvalue weighted by molar-refractivity contribution is 0.165. The molecule has 1 aromatic rings. The first-order valence-corrected chi connectivity index (χ1v) is 4.84. The first-order chi connectivity index (χ1) is 6.66. The molecule has 1 unspecified atom stereocenters. The predicted octanol–water partition coefficient (Wildman–Crippen LogP) is 1.13. The molecule has 0 aliphatic carbocycles. The fourth-order valence-corrected chi connectivity index (χ4v) is 1.70. The average molecular weight is 192 g/mol. The van der Waals surface area contributed by atoms with Gasteiger partial charge in [-0.2, -0.15) is 0 Å². The van der Waals surface area contributed by atoms with Gasteiger partial charge in [0.15, 0.2) is 0 Å². The Morgan fingerprint density at radius 3 is 2.93 bits per heavy atom. The van der Waals surface area contributed by atoms with Gasteiger partial charge in [-0.3, -0.25) is 0 Å². The maximum Gasteiger partial charge on any atom is 0.124 e. The van der Waals surface area contributed by atoms with Crippen molar-refractivity contribution < 1.29 is 4.74 Å². The van der Waals surface area contributed by atoms with Crippen LogP contribution >= 0.6 is 0 Å². The molecule has 3 heteroatoms. The normalized spacial score (nSPS) is 20.4. The minimum Gasteiger partial charge on any atom is -0.492 e. The predicted molar refractivity (Wildman–Crippen MR) is 57.5 cm³/mol. The number of ether oxygens (including phenoxy) is 1. The van der Waals surface area contributed by atoms with Crippen molar-refractivity contribution in [2.24, 2.45) is 0 Å². The highest BCUT2D eigenvalue weighted by atomic mass is 16.5. The van der Waals surface area contributed by atoms with Crippen LogP contribution in [0.25, 0.3) is 0 Å². The first kappa shape index (κ1) is 9.34. The molecule has 0 spiro atoms. The van der Waals surface area contributed by atoms with Crippen LogP contribution in [0, 0.1) is 0 Å². The number of benzene rings is 1. The number of rotatable bonds is 1. The van der Waals surface area contributed by atoms with Crippen LogP contribution in [0.15, 0.2) is 18.2 Å². The van der Waals surface area contributed by atoms with Crippen molar-refractivity contribution in [3.63, 3.8) is 0 Å². The van der Waals surface area contributed by atoms with Crippen LogP contribution in [0.5, 0.6) is 5.75 Å². The van der Waals surface area contributed by atoms with Crippen LogP contribution in [0.1, 0.15) is 5.56 Å². The Hall–Kier alpha value is -1.22. The zero-order valence-corrected chi connectivity index (χ0v) is 8.66. The van der Waals surface area contributed by atoms with Gasteiger partial charge < -0.3 is 15.4 Å². The second kappa shape index (κ2) is 3.50. The Morgan fingerprint density at radius 2 is 2.21 bits per heavy atom. The topological polar surface area (TPSA) is 38.5 Å². The van der Waals surface area contributed by atoms with E-state index in [4.69, 9.17) is 10.5 Å². The van der Waals surface area contributed by atoms with Gasteiger partial charge in [0.1, 0.15) is 12.4 Å². The lowest BCUT2D eigenvalue weighted by Crippen LogP contribution is -2.38. The van der Waals surface area contributed by atoms with Crippen molar-refractivity contribution in [2.45, 2.75) is 12.5 Å². The van der Waals surface area contributed by atoms with E-state index in [2.05, 4.69) is 25.1 Å². The second-order valence-electron chi connectivity index (χ2n) is 4.00. The highest BCUT2D eigenvalue weighted by Gasteiger charge is 2.20. The van der Waals surface area contributed by atoms with Crippen molar-refractivity contribution >= 4 is 5.69 Å². The molecule has 0 fully saturated rings. The molecule has 1 aliphatic heterocycles. The van der Waals surface area contributed by atoms with Gasteiger partial charge in [0.25, 0.3) is 0 Å². The molecule has 0 saturated carbocycles. The summed E-state index contributed by atoms with van der Waals surface area (Å²) in [6.45, 7) is 0.753. The molecule has 1 heterocycles. The van der Waals surface area contributed by atoms with Gasteiger partial charge in [0, 0.05) is 17.8 Å². The standard InChI is InChI=1S/C11H16N2O/c1-13(2)10-5-8-3-4-9(12)6-11(8)14-7-10/h3-4,6,10H,5,7,12H2,1-2H3. The molecule has 0 amide bonds. The molecular weight excluding hydrogens is 176 g/mol. The highest BCUT2D eigenvalue weighted by molar-refractivity contribution is 5.49. The molecule has 1 aromatic carbocycles. The summed E-state index contributed by atoms with van der Waals surface area (Å²) in [6.07, 6.45) is 1.04. The van der Waals surface area contributed by atoms with Crippen LogP contribution < -0.4 is 10.5 Å². The molecule has 2 rings (SSSR count). The molecule has 14 heavy (non-hydrogen) atoms. The average Bonchev–Trinajstić information content (AvgIpc) is 2.16. The van der Waals surface area contributed by atoms with Gasteiger partial charge in [0.2, 0.25) is 0 Å². The van der Waals surface area contributed by atoms with E-state index in [1.165, 1.54) is 5.56 Å². The number of nitrogens with two attached hydrogens (primary N) is 1. The quantitative estimate of drug-likeness (QED) is 0.678. The molecule has 3 nitrogen and oxygen atoms in total. The van der Waals surface area contributed by atoms with Crippen molar-refractivity contribution in [3.05, 3.63) is 23.8 Å². The third-order valence-electron chi connectivity index (χ3n) is 2.71. The number of hydrogen-bond acceptors (Lipinski definition) is 3. The summed E-state index contributed by atoms with van der Waals surface area (Å²) in [6, 6.07) is 6.37. The maximum absolute atomic E-state index is 5.69. The van der Waals surface area contributed by atoms with Crippen LogP contribution in [-0.2, 0) is 6.42 Å². The molecule has 2 N–H and O–H groups in total. The fourth-order valence-electron chi connectivity index (χ4n) is 1.70. The number of fused-ring (bicyclic) bond motifs is 1. The Kier molecular flexibility index (Phi) is 2.33. The minimum atomic E-state index is 0.478. The van der Waals surface area contributed by atoms with Crippen LogP contribution in [-0.4, -0.2) is 31.6 Å². The number of nitrogen functional groups attached to an aromatic ring is 1. The van der Waals surface area contributed by atoms with Crippen molar-refractivity contribution in [1.82, 2.24) is 4.90 Å². The van der Waals surface area contributed by atoms with E-state index in [1.807, 2.05) is 12.1 Å². The van der Waals surface area contributed by atoms with Gasteiger partial charge in [-0.25, -0.2) is 0 Å². The minimum absolute atomic E-state index is 0.478. The van der Waals surface area contributed by atoms with Crippen LogP contribution in [0.2, 0.25) is 0 Å². The molecule has 0 bridgehead atoms. The summed E-state index contributed by atoms with van der Waals surface area (Å²) < 4.78 is 5.66. The summed E-state index contributed by atoms with van der Waals surface area (Å²) >= 11 is 0. The zero-order valence-electron chi connectivity index (χ0n) is 8.66.